The summed E-state index contributed by atoms with van der Waals surface area (Å²) in [4.78, 5) is 4.17. The average molecular weight is 276 g/mol. The molecule has 2 nitrogen and oxygen atoms in total. The fourth-order valence-corrected chi connectivity index (χ4v) is 2.49. The third kappa shape index (κ3) is 3.05. The third-order valence-corrected chi connectivity index (χ3v) is 3.81. The molecule has 0 amide bonds. The van der Waals surface area contributed by atoms with Gasteiger partial charge in [-0.2, -0.15) is 0 Å². The van der Waals surface area contributed by atoms with Crippen LogP contribution in [0, 0.1) is 0 Å². The van der Waals surface area contributed by atoms with E-state index in [2.05, 4.69) is 72.7 Å². The van der Waals surface area contributed by atoms with Crippen LogP contribution in [0.15, 0.2) is 60.9 Å². The molecular formula is C19H20N2. The van der Waals surface area contributed by atoms with Crippen LogP contribution in [-0.2, 0) is 6.54 Å². The number of rotatable bonds is 4. The van der Waals surface area contributed by atoms with Gasteiger partial charge in [0.25, 0.3) is 0 Å². The van der Waals surface area contributed by atoms with Crippen molar-refractivity contribution in [1.82, 2.24) is 4.98 Å². The summed E-state index contributed by atoms with van der Waals surface area (Å²) in [5.41, 5.74) is 3.84. The summed E-state index contributed by atoms with van der Waals surface area (Å²) in [6.45, 7) is 5.27. The van der Waals surface area contributed by atoms with Crippen LogP contribution in [0.1, 0.15) is 30.9 Å². The Labute approximate surface area is 125 Å². The van der Waals surface area contributed by atoms with Crippen LogP contribution in [0.4, 0.5) is 5.69 Å². The highest BCUT2D eigenvalue weighted by atomic mass is 14.9. The zero-order chi connectivity index (χ0) is 14.7. The van der Waals surface area contributed by atoms with Gasteiger partial charge >= 0.3 is 0 Å². The molecule has 0 saturated heterocycles. The van der Waals surface area contributed by atoms with Crippen molar-refractivity contribution in [3.8, 4) is 0 Å². The van der Waals surface area contributed by atoms with Gasteiger partial charge < -0.3 is 5.32 Å². The van der Waals surface area contributed by atoms with E-state index in [1.54, 1.807) is 0 Å². The second kappa shape index (κ2) is 5.96. The van der Waals surface area contributed by atoms with E-state index in [1.807, 2.05) is 12.4 Å². The molecule has 0 saturated carbocycles. The Morgan fingerprint density at radius 1 is 1.00 bits per heavy atom. The molecule has 0 radical (unpaired) electrons. The first kappa shape index (κ1) is 13.6. The quantitative estimate of drug-likeness (QED) is 0.727. The maximum absolute atomic E-state index is 4.17. The number of nitrogens with one attached hydrogen (secondary N) is 1. The van der Waals surface area contributed by atoms with Crippen molar-refractivity contribution >= 4 is 16.5 Å². The zero-order valence-electron chi connectivity index (χ0n) is 12.5. The van der Waals surface area contributed by atoms with Crippen molar-refractivity contribution in [3.63, 3.8) is 0 Å². The number of hydrogen-bond acceptors (Lipinski definition) is 2. The molecule has 21 heavy (non-hydrogen) atoms. The lowest BCUT2D eigenvalue weighted by atomic mass is 10.0. The lowest BCUT2D eigenvalue weighted by Gasteiger charge is -2.11. The monoisotopic (exact) mass is 276 g/mol. The van der Waals surface area contributed by atoms with Crippen LogP contribution in [0.3, 0.4) is 0 Å². The number of benzene rings is 2. The normalized spacial score (nSPS) is 11.0. The van der Waals surface area contributed by atoms with Gasteiger partial charge in [0.1, 0.15) is 0 Å². The minimum Gasteiger partial charge on any atom is -0.380 e. The third-order valence-electron chi connectivity index (χ3n) is 3.81. The molecule has 1 heterocycles. The van der Waals surface area contributed by atoms with Gasteiger partial charge in [0, 0.05) is 35.4 Å². The van der Waals surface area contributed by atoms with Gasteiger partial charge in [0.05, 0.1) is 0 Å². The Hall–Kier alpha value is -2.35. The highest BCUT2D eigenvalue weighted by Gasteiger charge is 2.02. The Bertz CT molecular complexity index is 725. The fourth-order valence-electron chi connectivity index (χ4n) is 2.49. The van der Waals surface area contributed by atoms with Crippen molar-refractivity contribution in [3.05, 3.63) is 72.1 Å². The lowest BCUT2D eigenvalue weighted by Crippen LogP contribution is -2.00. The van der Waals surface area contributed by atoms with Crippen molar-refractivity contribution in [2.24, 2.45) is 0 Å². The van der Waals surface area contributed by atoms with Crippen molar-refractivity contribution < 1.29 is 0 Å². The highest BCUT2D eigenvalue weighted by Crippen LogP contribution is 2.23. The lowest BCUT2D eigenvalue weighted by molar-refractivity contribution is 0.865. The van der Waals surface area contributed by atoms with Crippen molar-refractivity contribution in [2.45, 2.75) is 26.3 Å². The Morgan fingerprint density at radius 2 is 1.81 bits per heavy atom. The summed E-state index contributed by atoms with van der Waals surface area (Å²) in [6, 6.07) is 17.2. The first-order valence-corrected chi connectivity index (χ1v) is 7.39. The van der Waals surface area contributed by atoms with E-state index < -0.39 is 0 Å². The maximum atomic E-state index is 4.17. The average Bonchev–Trinajstić information content (AvgIpc) is 2.53. The molecule has 1 aromatic heterocycles. The van der Waals surface area contributed by atoms with Crippen LogP contribution < -0.4 is 5.32 Å². The molecule has 0 aliphatic heterocycles. The first-order chi connectivity index (χ1) is 10.2. The molecule has 3 rings (SSSR count). The van der Waals surface area contributed by atoms with Crippen molar-refractivity contribution in [1.29, 1.82) is 0 Å². The summed E-state index contributed by atoms with van der Waals surface area (Å²) in [5, 5.41) is 5.90. The largest absolute Gasteiger partial charge is 0.380 e. The number of aromatic nitrogens is 1. The van der Waals surface area contributed by atoms with Gasteiger partial charge in [-0.05, 0) is 29.2 Å². The highest BCUT2D eigenvalue weighted by molar-refractivity contribution is 5.93. The smallest absolute Gasteiger partial charge is 0.0423 e. The summed E-state index contributed by atoms with van der Waals surface area (Å²) in [5.74, 6) is 0.581. The van der Waals surface area contributed by atoms with Gasteiger partial charge in [-0.25, -0.2) is 0 Å². The predicted octanol–water partition coefficient (Wildman–Crippen LogP) is 4.97. The minimum atomic E-state index is 0.581. The number of fused-ring (bicyclic) bond motifs is 1. The van der Waals surface area contributed by atoms with Gasteiger partial charge in [-0.1, -0.05) is 50.2 Å². The Kier molecular flexibility index (Phi) is 3.87. The topological polar surface area (TPSA) is 24.9 Å². The van der Waals surface area contributed by atoms with Crippen molar-refractivity contribution in [2.75, 3.05) is 5.32 Å². The van der Waals surface area contributed by atoms with Gasteiger partial charge in [0.2, 0.25) is 0 Å². The molecule has 106 valence electrons. The number of anilines is 1. The van der Waals surface area contributed by atoms with Crippen LogP contribution >= 0.6 is 0 Å². The van der Waals surface area contributed by atoms with Gasteiger partial charge in [0.15, 0.2) is 0 Å². The molecule has 2 aromatic carbocycles. The van der Waals surface area contributed by atoms with E-state index in [0.717, 1.165) is 17.6 Å². The zero-order valence-corrected chi connectivity index (χ0v) is 12.5. The van der Waals surface area contributed by atoms with Crippen LogP contribution in [-0.4, -0.2) is 4.98 Å². The summed E-state index contributed by atoms with van der Waals surface area (Å²) in [7, 11) is 0. The SMILES string of the molecule is CC(C)c1ccc(CNc2cccc3cnccc23)cc1. The molecule has 0 bridgehead atoms. The Morgan fingerprint density at radius 3 is 2.57 bits per heavy atom. The molecule has 0 unspecified atom stereocenters. The summed E-state index contributed by atoms with van der Waals surface area (Å²) in [6.07, 6.45) is 3.74. The molecule has 0 aliphatic carbocycles. The molecule has 0 atom stereocenters. The second-order valence-corrected chi connectivity index (χ2v) is 5.65. The van der Waals surface area contributed by atoms with Crippen LogP contribution in [0.5, 0.6) is 0 Å². The molecule has 1 N–H and O–H groups in total. The van der Waals surface area contributed by atoms with Gasteiger partial charge in [-0.15, -0.1) is 0 Å². The van der Waals surface area contributed by atoms with E-state index in [0.29, 0.717) is 5.92 Å². The first-order valence-electron chi connectivity index (χ1n) is 7.39. The van der Waals surface area contributed by atoms with Crippen LogP contribution in [0.2, 0.25) is 0 Å². The summed E-state index contributed by atoms with van der Waals surface area (Å²) >= 11 is 0. The maximum Gasteiger partial charge on any atom is 0.0423 e. The van der Waals surface area contributed by atoms with Gasteiger partial charge in [-0.3, -0.25) is 4.98 Å². The fraction of sp³-hybridized carbons (Fsp3) is 0.211. The van der Waals surface area contributed by atoms with E-state index in [-0.39, 0.29) is 0 Å². The standard InChI is InChI=1S/C19H20N2/c1-14(2)16-8-6-15(7-9-16)12-21-19-5-3-4-17-13-20-11-10-18(17)19/h3-11,13-14,21H,12H2,1-2H3. The Balaban J connectivity index is 1.77. The minimum absolute atomic E-state index is 0.581. The number of nitrogens with zero attached hydrogens (tertiary/aromatic N) is 1. The second-order valence-electron chi connectivity index (χ2n) is 5.65. The van der Waals surface area contributed by atoms with E-state index in [4.69, 9.17) is 0 Å². The summed E-state index contributed by atoms with van der Waals surface area (Å²) < 4.78 is 0. The van der Waals surface area contributed by atoms with Crippen LogP contribution in [0.25, 0.3) is 10.8 Å². The van der Waals surface area contributed by atoms with E-state index in [1.165, 1.54) is 16.5 Å². The number of hydrogen-bond donors (Lipinski definition) is 1. The number of pyridine rings is 1. The molecule has 2 heteroatoms. The van der Waals surface area contributed by atoms with E-state index >= 15 is 0 Å². The predicted molar refractivity (Wildman–Crippen MR) is 89.6 cm³/mol. The molecule has 3 aromatic rings. The molecular weight excluding hydrogens is 256 g/mol. The molecule has 0 fully saturated rings. The van der Waals surface area contributed by atoms with E-state index in [9.17, 15) is 0 Å². The molecule has 0 spiro atoms. The molecule has 0 aliphatic rings.